The summed E-state index contributed by atoms with van der Waals surface area (Å²) in [4.78, 5) is 15.4. The van der Waals surface area contributed by atoms with Crippen molar-refractivity contribution in [1.82, 2.24) is 4.98 Å². The molecule has 1 aromatic heterocycles. The third-order valence-corrected chi connectivity index (χ3v) is 8.51. The van der Waals surface area contributed by atoms with Crippen LogP contribution in [0.15, 0.2) is 12.3 Å². The largest absolute Gasteiger partial charge is 0.409 e. The smallest absolute Gasteiger partial charge is 0.192 e. The Hall–Kier alpha value is -1.07. The molecule has 0 radical (unpaired) electrons. The van der Waals surface area contributed by atoms with Gasteiger partial charge in [-0.2, -0.15) is 0 Å². The van der Waals surface area contributed by atoms with Gasteiger partial charge in [0.05, 0.1) is 11.7 Å². The van der Waals surface area contributed by atoms with Crippen LogP contribution in [-0.4, -0.2) is 19.1 Å². The molecule has 0 saturated heterocycles. The molecule has 3 nitrogen and oxygen atoms in total. The highest BCUT2D eigenvalue weighted by atomic mass is 28.4. The van der Waals surface area contributed by atoms with E-state index in [1.165, 1.54) is 19.2 Å². The van der Waals surface area contributed by atoms with Crippen LogP contribution in [0.4, 0.5) is 4.39 Å². The first kappa shape index (κ1) is 17.0. The second kappa shape index (κ2) is 5.74. The zero-order chi connectivity index (χ0) is 15.7. The standard InChI is InChI=1S/C15H24FNO2Si/c1-10(18)12-8-9-17-14(13(12)16)11(2)19-20(6,7)15(3,4)5/h8-9,11H,1-7H3. The molecule has 0 saturated carbocycles. The molecule has 1 atom stereocenters. The fourth-order valence-electron chi connectivity index (χ4n) is 1.69. The minimum atomic E-state index is -2.01. The zero-order valence-corrected chi connectivity index (χ0v) is 14.4. The fourth-order valence-corrected chi connectivity index (χ4v) is 3.04. The second-order valence-corrected chi connectivity index (χ2v) is 11.4. The lowest BCUT2D eigenvalue weighted by atomic mass is 10.1. The molecule has 0 bridgehead atoms. The van der Waals surface area contributed by atoms with Gasteiger partial charge in [0.2, 0.25) is 0 Å². The molecule has 0 spiro atoms. The summed E-state index contributed by atoms with van der Waals surface area (Å²) in [6.07, 6.45) is 0.996. The number of hydrogen-bond acceptors (Lipinski definition) is 3. The van der Waals surface area contributed by atoms with Crippen LogP contribution in [0.2, 0.25) is 18.1 Å². The van der Waals surface area contributed by atoms with Gasteiger partial charge in [0.1, 0.15) is 5.69 Å². The first-order valence-electron chi connectivity index (χ1n) is 6.80. The molecule has 0 aliphatic rings. The molecule has 0 aliphatic heterocycles. The van der Waals surface area contributed by atoms with Crippen LogP contribution in [-0.2, 0) is 4.43 Å². The van der Waals surface area contributed by atoms with E-state index in [9.17, 15) is 9.18 Å². The predicted octanol–water partition coefficient (Wildman–Crippen LogP) is 4.51. The summed E-state index contributed by atoms with van der Waals surface area (Å²) in [6.45, 7) is 13.7. The maximum Gasteiger partial charge on any atom is 0.192 e. The minimum absolute atomic E-state index is 0.0376. The maximum atomic E-state index is 14.3. The molecule has 0 fully saturated rings. The van der Waals surface area contributed by atoms with Crippen molar-refractivity contribution in [3.05, 3.63) is 29.3 Å². The van der Waals surface area contributed by atoms with Crippen molar-refractivity contribution >= 4 is 14.1 Å². The van der Waals surface area contributed by atoms with Crippen molar-refractivity contribution in [2.75, 3.05) is 0 Å². The number of nitrogens with zero attached hydrogens (tertiary/aromatic N) is 1. The highest BCUT2D eigenvalue weighted by Crippen LogP contribution is 2.39. The average Bonchev–Trinajstić information content (AvgIpc) is 2.26. The van der Waals surface area contributed by atoms with Gasteiger partial charge in [0.15, 0.2) is 19.9 Å². The van der Waals surface area contributed by atoms with E-state index < -0.39 is 20.2 Å². The highest BCUT2D eigenvalue weighted by Gasteiger charge is 2.39. The maximum absolute atomic E-state index is 14.3. The number of aromatic nitrogens is 1. The molecule has 1 heterocycles. The van der Waals surface area contributed by atoms with Gasteiger partial charge in [-0.05, 0) is 38.0 Å². The number of Topliss-reactive ketones (excluding diaryl/α,β-unsaturated/α-hetero) is 1. The van der Waals surface area contributed by atoms with E-state index in [-0.39, 0.29) is 22.1 Å². The van der Waals surface area contributed by atoms with E-state index in [4.69, 9.17) is 4.43 Å². The van der Waals surface area contributed by atoms with Crippen molar-refractivity contribution in [2.45, 2.75) is 58.9 Å². The van der Waals surface area contributed by atoms with E-state index in [0.717, 1.165) is 0 Å². The Morgan fingerprint density at radius 2 is 1.95 bits per heavy atom. The van der Waals surface area contributed by atoms with Crippen LogP contribution in [0.1, 0.15) is 56.8 Å². The quantitative estimate of drug-likeness (QED) is 0.606. The van der Waals surface area contributed by atoms with Gasteiger partial charge in [-0.3, -0.25) is 9.78 Å². The van der Waals surface area contributed by atoms with Crippen LogP contribution < -0.4 is 0 Å². The van der Waals surface area contributed by atoms with Gasteiger partial charge < -0.3 is 4.43 Å². The lowest BCUT2D eigenvalue weighted by Crippen LogP contribution is -2.41. The highest BCUT2D eigenvalue weighted by molar-refractivity contribution is 6.74. The summed E-state index contributed by atoms with van der Waals surface area (Å²) in [5, 5.41) is 0.0376. The fraction of sp³-hybridized carbons (Fsp3) is 0.600. The van der Waals surface area contributed by atoms with E-state index in [1.54, 1.807) is 6.92 Å². The summed E-state index contributed by atoms with van der Waals surface area (Å²) in [5.74, 6) is -0.864. The van der Waals surface area contributed by atoms with Crippen LogP contribution in [0.5, 0.6) is 0 Å². The first-order chi connectivity index (χ1) is 8.97. The third kappa shape index (κ3) is 3.52. The SMILES string of the molecule is CC(=O)c1ccnc(C(C)O[Si](C)(C)C(C)(C)C)c1F. The molecule has 1 rings (SSSR count). The van der Waals surface area contributed by atoms with Gasteiger partial charge in [-0.15, -0.1) is 0 Å². The number of carbonyl (C=O) groups excluding carboxylic acids is 1. The van der Waals surface area contributed by atoms with E-state index >= 15 is 0 Å². The summed E-state index contributed by atoms with van der Waals surface area (Å²) >= 11 is 0. The summed E-state index contributed by atoms with van der Waals surface area (Å²) in [7, 11) is -2.01. The number of carbonyl (C=O) groups is 1. The number of halogens is 1. The second-order valence-electron chi connectivity index (χ2n) is 6.63. The van der Waals surface area contributed by atoms with Crippen LogP contribution >= 0.6 is 0 Å². The Bertz CT molecular complexity index is 509. The van der Waals surface area contributed by atoms with Crippen LogP contribution in [0.25, 0.3) is 0 Å². The molecule has 0 aromatic carbocycles. The predicted molar refractivity (Wildman–Crippen MR) is 80.9 cm³/mol. The third-order valence-electron chi connectivity index (χ3n) is 3.96. The van der Waals surface area contributed by atoms with Gasteiger partial charge >= 0.3 is 0 Å². The van der Waals surface area contributed by atoms with Gasteiger partial charge in [-0.25, -0.2) is 4.39 Å². The number of rotatable bonds is 4. The van der Waals surface area contributed by atoms with Crippen LogP contribution in [0, 0.1) is 5.82 Å². The Balaban J connectivity index is 3.08. The van der Waals surface area contributed by atoms with Gasteiger partial charge in [-0.1, -0.05) is 20.8 Å². The number of ketones is 1. The van der Waals surface area contributed by atoms with Gasteiger partial charge in [0.25, 0.3) is 0 Å². The van der Waals surface area contributed by atoms with Crippen LogP contribution in [0.3, 0.4) is 0 Å². The summed E-state index contributed by atoms with van der Waals surface area (Å²) in [5.41, 5.74) is 0.281. The minimum Gasteiger partial charge on any atom is -0.409 e. The molecule has 112 valence electrons. The Labute approximate surface area is 121 Å². The molecule has 0 aliphatic carbocycles. The summed E-state index contributed by atoms with van der Waals surface area (Å²) in [6, 6.07) is 1.40. The molecular formula is C15H24FNO2Si. The van der Waals surface area contributed by atoms with E-state index in [0.29, 0.717) is 0 Å². The molecule has 5 heteroatoms. The van der Waals surface area contributed by atoms with Crippen molar-refractivity contribution in [3.8, 4) is 0 Å². The lowest BCUT2D eigenvalue weighted by Gasteiger charge is -2.38. The average molecular weight is 297 g/mol. The monoisotopic (exact) mass is 297 g/mol. The topological polar surface area (TPSA) is 39.2 Å². The zero-order valence-electron chi connectivity index (χ0n) is 13.4. The number of hydrogen-bond donors (Lipinski definition) is 0. The normalized spacial score (nSPS) is 14.2. The van der Waals surface area contributed by atoms with Crippen molar-refractivity contribution in [1.29, 1.82) is 0 Å². The molecular weight excluding hydrogens is 273 g/mol. The molecule has 1 unspecified atom stereocenters. The van der Waals surface area contributed by atoms with Gasteiger partial charge in [0, 0.05) is 6.20 Å². The van der Waals surface area contributed by atoms with E-state index in [1.807, 2.05) is 0 Å². The lowest BCUT2D eigenvalue weighted by molar-refractivity contribution is 0.101. The molecule has 1 aromatic rings. The Kier molecular flexibility index (Phi) is 4.87. The van der Waals surface area contributed by atoms with Crippen molar-refractivity contribution in [3.63, 3.8) is 0 Å². The van der Waals surface area contributed by atoms with Crippen molar-refractivity contribution in [2.24, 2.45) is 0 Å². The summed E-state index contributed by atoms with van der Waals surface area (Å²) < 4.78 is 20.4. The first-order valence-corrected chi connectivity index (χ1v) is 9.71. The van der Waals surface area contributed by atoms with Crippen molar-refractivity contribution < 1.29 is 13.6 Å². The Morgan fingerprint density at radius 1 is 1.40 bits per heavy atom. The molecule has 0 amide bonds. The molecule has 20 heavy (non-hydrogen) atoms. The Morgan fingerprint density at radius 3 is 2.40 bits per heavy atom. The molecule has 0 N–H and O–H groups in total. The number of pyridine rings is 1. The van der Waals surface area contributed by atoms with E-state index in [2.05, 4.69) is 38.8 Å².